The second kappa shape index (κ2) is 6.63. The van der Waals surface area contributed by atoms with Gasteiger partial charge in [-0.3, -0.25) is 0 Å². The first kappa shape index (κ1) is 14.6. The van der Waals surface area contributed by atoms with Crippen LogP contribution in [0.1, 0.15) is 30.2 Å². The molecule has 0 aliphatic heterocycles. The van der Waals surface area contributed by atoms with Crippen molar-refractivity contribution in [3.05, 3.63) is 52.2 Å². The van der Waals surface area contributed by atoms with E-state index in [1.807, 2.05) is 11.3 Å². The van der Waals surface area contributed by atoms with Gasteiger partial charge in [0, 0.05) is 42.7 Å². The van der Waals surface area contributed by atoms with Gasteiger partial charge in [0.15, 0.2) is 0 Å². The predicted molar refractivity (Wildman–Crippen MR) is 92.2 cm³/mol. The Balaban J connectivity index is 1.68. The van der Waals surface area contributed by atoms with Gasteiger partial charge < -0.3 is 10.2 Å². The minimum atomic E-state index is 0.505. The van der Waals surface area contributed by atoms with Crippen LogP contribution in [0.15, 0.2) is 41.8 Å². The maximum atomic E-state index is 3.63. The molecule has 2 aromatic rings. The normalized spacial score (nSPS) is 15.9. The molecular formula is C18H24N2S. The van der Waals surface area contributed by atoms with Crippen molar-refractivity contribution in [2.24, 2.45) is 0 Å². The lowest BCUT2D eigenvalue weighted by molar-refractivity contribution is 0.664. The summed E-state index contributed by atoms with van der Waals surface area (Å²) in [5.74, 6) is 0. The van der Waals surface area contributed by atoms with E-state index in [-0.39, 0.29) is 0 Å². The van der Waals surface area contributed by atoms with E-state index < -0.39 is 0 Å². The summed E-state index contributed by atoms with van der Waals surface area (Å²) in [6, 6.07) is 14.4. The molecule has 1 aliphatic carbocycles. The highest BCUT2D eigenvalue weighted by atomic mass is 32.1. The van der Waals surface area contributed by atoms with Gasteiger partial charge in [-0.15, -0.1) is 11.3 Å². The Bertz CT molecular complexity index is 560. The van der Waals surface area contributed by atoms with Crippen LogP contribution in [-0.2, 0) is 13.0 Å². The van der Waals surface area contributed by atoms with Crippen molar-refractivity contribution in [3.63, 3.8) is 0 Å². The molecule has 1 unspecified atom stereocenters. The summed E-state index contributed by atoms with van der Waals surface area (Å²) in [6.07, 6.45) is 3.79. The summed E-state index contributed by atoms with van der Waals surface area (Å²) in [5.41, 5.74) is 2.76. The van der Waals surface area contributed by atoms with Crippen LogP contribution in [-0.4, -0.2) is 19.1 Å². The summed E-state index contributed by atoms with van der Waals surface area (Å²) in [6.45, 7) is 3.29. The summed E-state index contributed by atoms with van der Waals surface area (Å²) >= 11 is 1.85. The Labute approximate surface area is 131 Å². The quantitative estimate of drug-likeness (QED) is 0.829. The van der Waals surface area contributed by atoms with Crippen molar-refractivity contribution in [1.29, 1.82) is 0 Å². The third kappa shape index (κ3) is 3.86. The number of benzene rings is 1. The van der Waals surface area contributed by atoms with Crippen molar-refractivity contribution in [3.8, 4) is 0 Å². The van der Waals surface area contributed by atoms with Crippen molar-refractivity contribution in [2.75, 3.05) is 11.9 Å². The lowest BCUT2D eigenvalue weighted by Gasteiger charge is -2.29. The molecule has 0 saturated heterocycles. The molecule has 0 spiro atoms. The fraction of sp³-hybridized carbons (Fsp3) is 0.444. The van der Waals surface area contributed by atoms with Crippen LogP contribution in [0.2, 0.25) is 0 Å². The van der Waals surface area contributed by atoms with Crippen molar-refractivity contribution in [1.82, 2.24) is 5.32 Å². The molecule has 1 heterocycles. The smallest absolute Gasteiger partial charge is 0.0411 e. The van der Waals surface area contributed by atoms with Gasteiger partial charge in [-0.2, -0.15) is 0 Å². The van der Waals surface area contributed by atoms with Gasteiger partial charge in [0.2, 0.25) is 0 Å². The third-order valence-corrected chi connectivity index (χ3v) is 5.17. The van der Waals surface area contributed by atoms with Crippen LogP contribution in [0.25, 0.3) is 0 Å². The molecule has 1 aromatic carbocycles. The monoisotopic (exact) mass is 300 g/mol. The first-order chi connectivity index (χ1) is 10.2. The molecule has 3 rings (SSSR count). The molecule has 1 N–H and O–H groups in total. The van der Waals surface area contributed by atoms with E-state index in [1.165, 1.54) is 29.0 Å². The summed E-state index contributed by atoms with van der Waals surface area (Å²) < 4.78 is 0. The van der Waals surface area contributed by atoms with Gasteiger partial charge in [0.25, 0.3) is 0 Å². The number of hydrogen-bond donors (Lipinski definition) is 1. The Kier molecular flexibility index (Phi) is 4.61. The molecule has 1 atom stereocenters. The van der Waals surface area contributed by atoms with E-state index in [0.29, 0.717) is 6.04 Å². The number of likely N-dealkylation sites (N-methyl/N-ethyl adjacent to an activating group) is 1. The number of nitrogens with zero attached hydrogens (tertiary/aromatic N) is 1. The second-order valence-electron chi connectivity index (χ2n) is 6.03. The number of rotatable bonds is 7. The van der Waals surface area contributed by atoms with Gasteiger partial charge in [0.1, 0.15) is 0 Å². The second-order valence-corrected chi connectivity index (χ2v) is 7.06. The Hall–Kier alpha value is -1.32. The van der Waals surface area contributed by atoms with Crippen LogP contribution in [0.3, 0.4) is 0 Å². The lowest BCUT2D eigenvalue weighted by Crippen LogP contribution is -2.32. The minimum Gasteiger partial charge on any atom is -0.371 e. The first-order valence-corrected chi connectivity index (χ1v) is 8.68. The topological polar surface area (TPSA) is 15.3 Å². The average Bonchev–Trinajstić information content (AvgIpc) is 3.20. The molecule has 0 radical (unpaired) electrons. The van der Waals surface area contributed by atoms with E-state index in [1.54, 1.807) is 0 Å². The number of nitrogens with one attached hydrogen (secondary N) is 1. The zero-order valence-electron chi connectivity index (χ0n) is 12.9. The molecule has 0 bridgehead atoms. The van der Waals surface area contributed by atoms with E-state index in [4.69, 9.17) is 0 Å². The number of para-hydroxylation sites is 1. The molecule has 112 valence electrons. The van der Waals surface area contributed by atoms with E-state index in [0.717, 1.165) is 19.0 Å². The fourth-order valence-corrected chi connectivity index (χ4v) is 3.47. The minimum absolute atomic E-state index is 0.505. The maximum absolute atomic E-state index is 3.63. The third-order valence-electron chi connectivity index (χ3n) is 4.27. The predicted octanol–water partition coefficient (Wildman–Crippen LogP) is 4.07. The molecule has 1 saturated carbocycles. The summed E-state index contributed by atoms with van der Waals surface area (Å²) in [5, 5.41) is 5.79. The van der Waals surface area contributed by atoms with E-state index >= 15 is 0 Å². The van der Waals surface area contributed by atoms with Gasteiger partial charge in [-0.1, -0.05) is 24.3 Å². The summed E-state index contributed by atoms with van der Waals surface area (Å²) in [4.78, 5) is 3.88. The highest BCUT2D eigenvalue weighted by Gasteiger charge is 2.21. The molecule has 1 aromatic heterocycles. The van der Waals surface area contributed by atoms with Gasteiger partial charge >= 0.3 is 0 Å². The fourth-order valence-electron chi connectivity index (χ4n) is 2.64. The summed E-state index contributed by atoms with van der Waals surface area (Å²) in [7, 11) is 2.22. The number of hydrogen-bond acceptors (Lipinski definition) is 3. The Morgan fingerprint density at radius 1 is 1.24 bits per heavy atom. The van der Waals surface area contributed by atoms with Crippen LogP contribution in [0.5, 0.6) is 0 Å². The highest BCUT2D eigenvalue weighted by Crippen LogP contribution is 2.25. The highest BCUT2D eigenvalue weighted by molar-refractivity contribution is 7.09. The first-order valence-electron chi connectivity index (χ1n) is 7.80. The SMILES string of the molecule is CC(Cc1cccs1)N(C)c1ccccc1CNC1CC1. The Morgan fingerprint density at radius 3 is 2.76 bits per heavy atom. The van der Waals surface area contributed by atoms with E-state index in [2.05, 4.69) is 66.0 Å². The number of thiophene rings is 1. The largest absolute Gasteiger partial charge is 0.371 e. The Morgan fingerprint density at radius 2 is 2.05 bits per heavy atom. The van der Waals surface area contributed by atoms with Gasteiger partial charge in [-0.05, 0) is 42.8 Å². The molecular weight excluding hydrogens is 276 g/mol. The molecule has 0 amide bonds. The standard InChI is InChI=1S/C18H24N2S/c1-14(12-17-7-5-11-21-17)20(2)18-8-4-3-6-15(18)13-19-16-9-10-16/h3-8,11,14,16,19H,9-10,12-13H2,1-2H3. The van der Waals surface area contributed by atoms with Crippen LogP contribution in [0.4, 0.5) is 5.69 Å². The molecule has 1 fully saturated rings. The van der Waals surface area contributed by atoms with Crippen molar-refractivity contribution in [2.45, 2.75) is 44.8 Å². The van der Waals surface area contributed by atoms with Gasteiger partial charge in [0.05, 0.1) is 0 Å². The van der Waals surface area contributed by atoms with Crippen LogP contribution >= 0.6 is 11.3 Å². The lowest BCUT2D eigenvalue weighted by atomic mass is 10.1. The molecule has 2 nitrogen and oxygen atoms in total. The number of anilines is 1. The van der Waals surface area contributed by atoms with Crippen molar-refractivity contribution < 1.29 is 0 Å². The zero-order valence-corrected chi connectivity index (χ0v) is 13.7. The average molecular weight is 300 g/mol. The molecule has 3 heteroatoms. The van der Waals surface area contributed by atoms with Gasteiger partial charge in [-0.25, -0.2) is 0 Å². The molecule has 21 heavy (non-hydrogen) atoms. The zero-order chi connectivity index (χ0) is 14.7. The van der Waals surface area contributed by atoms with Crippen molar-refractivity contribution >= 4 is 17.0 Å². The van der Waals surface area contributed by atoms with Crippen LogP contribution < -0.4 is 10.2 Å². The van der Waals surface area contributed by atoms with E-state index in [9.17, 15) is 0 Å². The maximum Gasteiger partial charge on any atom is 0.0411 e. The van der Waals surface area contributed by atoms with Crippen LogP contribution in [0, 0.1) is 0 Å². The molecule has 1 aliphatic rings.